The van der Waals surface area contributed by atoms with Crippen molar-refractivity contribution in [2.75, 3.05) is 33.3 Å². The number of benzene rings is 1. The van der Waals surface area contributed by atoms with Crippen LogP contribution in [0.25, 0.3) is 0 Å². The van der Waals surface area contributed by atoms with Crippen molar-refractivity contribution in [3.63, 3.8) is 0 Å². The molecule has 0 radical (unpaired) electrons. The summed E-state index contributed by atoms with van der Waals surface area (Å²) in [4.78, 5) is 3.39. The molecule has 1 saturated carbocycles. The van der Waals surface area contributed by atoms with Gasteiger partial charge in [0.05, 0.1) is 18.7 Å². The topological polar surface area (TPSA) is 61.7 Å². The summed E-state index contributed by atoms with van der Waals surface area (Å²) in [5.41, 5.74) is 1.10. The molecular formula is C23H38N6O+2. The van der Waals surface area contributed by atoms with Crippen LogP contribution in [-0.4, -0.2) is 59.5 Å². The summed E-state index contributed by atoms with van der Waals surface area (Å²) in [6.45, 7) is 11.3. The predicted octanol–water partition coefficient (Wildman–Crippen LogP) is 0.642. The molecule has 164 valence electrons. The molecule has 7 heteroatoms. The van der Waals surface area contributed by atoms with E-state index in [0.717, 1.165) is 30.7 Å². The molecule has 4 rings (SSSR count). The van der Waals surface area contributed by atoms with Gasteiger partial charge in [-0.1, -0.05) is 6.42 Å². The second-order valence-corrected chi connectivity index (χ2v) is 9.98. The van der Waals surface area contributed by atoms with Gasteiger partial charge in [-0.2, -0.15) is 0 Å². The average molecular weight is 415 g/mol. The molecule has 2 fully saturated rings. The van der Waals surface area contributed by atoms with Crippen molar-refractivity contribution in [3.8, 4) is 5.75 Å². The zero-order valence-electron chi connectivity index (χ0n) is 19.0. The fourth-order valence-corrected chi connectivity index (χ4v) is 5.32. The minimum absolute atomic E-state index is 0.137. The van der Waals surface area contributed by atoms with Crippen LogP contribution in [0.3, 0.4) is 0 Å². The summed E-state index contributed by atoms with van der Waals surface area (Å²) in [5, 5.41) is 13.0. The highest BCUT2D eigenvalue weighted by Crippen LogP contribution is 2.24. The number of methoxy groups -OCH3 is 1. The van der Waals surface area contributed by atoms with Crippen LogP contribution in [0.2, 0.25) is 0 Å². The van der Waals surface area contributed by atoms with Crippen molar-refractivity contribution in [1.82, 2.24) is 20.2 Å². The second-order valence-electron chi connectivity index (χ2n) is 9.98. The Morgan fingerprint density at radius 2 is 1.67 bits per heavy atom. The molecule has 0 amide bonds. The number of quaternary nitrogens is 2. The summed E-state index contributed by atoms with van der Waals surface area (Å²) in [6, 6.07) is 9.47. The lowest BCUT2D eigenvalue weighted by Gasteiger charge is -2.39. The van der Waals surface area contributed by atoms with E-state index in [1.54, 1.807) is 12.0 Å². The Bertz CT molecular complexity index is 798. The lowest BCUT2D eigenvalue weighted by atomic mass is 9.93. The summed E-state index contributed by atoms with van der Waals surface area (Å²) in [7, 11) is 1.71. The van der Waals surface area contributed by atoms with Crippen LogP contribution in [0.1, 0.15) is 70.3 Å². The van der Waals surface area contributed by atoms with E-state index in [-0.39, 0.29) is 11.6 Å². The van der Waals surface area contributed by atoms with Gasteiger partial charge in [0.2, 0.25) is 5.82 Å². The van der Waals surface area contributed by atoms with Gasteiger partial charge in [0.15, 0.2) is 6.04 Å². The standard InChI is InChI=1S/C23H36N6O/c1-23(2,3)29-22(24-25-26-29)21(18-10-12-20(30-4)13-11-18)28-16-14-27(15-17-28)19-8-6-5-7-9-19/h10-13,19,21H,5-9,14-17H2,1-4H3/p+2/t21-/m0/s1. The van der Waals surface area contributed by atoms with Crippen molar-refractivity contribution in [3.05, 3.63) is 35.7 Å². The molecule has 1 aromatic heterocycles. The van der Waals surface area contributed by atoms with E-state index in [4.69, 9.17) is 4.74 Å². The van der Waals surface area contributed by atoms with Gasteiger partial charge in [-0.25, -0.2) is 4.68 Å². The van der Waals surface area contributed by atoms with Crippen molar-refractivity contribution in [2.24, 2.45) is 0 Å². The number of nitrogens with zero attached hydrogens (tertiary/aromatic N) is 4. The van der Waals surface area contributed by atoms with Gasteiger partial charge in [-0.3, -0.25) is 0 Å². The van der Waals surface area contributed by atoms with Gasteiger partial charge < -0.3 is 14.5 Å². The number of rotatable bonds is 5. The van der Waals surface area contributed by atoms with Gasteiger partial charge in [-0.05, 0) is 81.1 Å². The maximum absolute atomic E-state index is 5.39. The molecule has 2 aliphatic rings. The van der Waals surface area contributed by atoms with E-state index in [0.29, 0.717) is 0 Å². The quantitative estimate of drug-likeness (QED) is 0.754. The van der Waals surface area contributed by atoms with Crippen LogP contribution in [0.5, 0.6) is 5.75 Å². The molecule has 1 aliphatic carbocycles. The number of piperazine rings is 1. The molecule has 30 heavy (non-hydrogen) atoms. The molecule has 0 bridgehead atoms. The molecule has 1 aromatic carbocycles. The number of hydrogen-bond donors (Lipinski definition) is 2. The number of ether oxygens (including phenoxy) is 1. The smallest absolute Gasteiger partial charge is 0.214 e. The van der Waals surface area contributed by atoms with Gasteiger partial charge in [0.1, 0.15) is 31.9 Å². The first-order valence-corrected chi connectivity index (χ1v) is 11.6. The molecule has 2 N–H and O–H groups in total. The average Bonchev–Trinajstić information content (AvgIpc) is 3.26. The zero-order valence-corrected chi connectivity index (χ0v) is 19.0. The Labute approximate surface area is 180 Å². The highest BCUT2D eigenvalue weighted by molar-refractivity contribution is 5.30. The molecule has 0 unspecified atom stereocenters. The van der Waals surface area contributed by atoms with Gasteiger partial charge in [0, 0.05) is 5.56 Å². The third kappa shape index (κ3) is 4.52. The van der Waals surface area contributed by atoms with Crippen LogP contribution >= 0.6 is 0 Å². The summed E-state index contributed by atoms with van der Waals surface area (Å²) < 4.78 is 7.40. The number of nitrogens with one attached hydrogen (secondary N) is 2. The Morgan fingerprint density at radius 1 is 1.00 bits per heavy atom. The first kappa shape index (κ1) is 21.2. The Hall–Kier alpha value is -1.99. The van der Waals surface area contributed by atoms with E-state index < -0.39 is 0 Å². The highest BCUT2D eigenvalue weighted by Gasteiger charge is 2.39. The molecule has 1 aliphatic heterocycles. The Morgan fingerprint density at radius 3 is 2.27 bits per heavy atom. The van der Waals surface area contributed by atoms with Crippen molar-refractivity contribution < 1.29 is 14.5 Å². The van der Waals surface area contributed by atoms with Crippen LogP contribution in [0, 0.1) is 0 Å². The number of aromatic nitrogens is 4. The number of tetrazole rings is 1. The molecule has 2 aromatic rings. The van der Waals surface area contributed by atoms with Crippen LogP contribution in [0.4, 0.5) is 0 Å². The normalized spacial score (nSPS) is 24.5. The maximum Gasteiger partial charge on any atom is 0.214 e. The van der Waals surface area contributed by atoms with E-state index in [2.05, 4.69) is 60.6 Å². The summed E-state index contributed by atoms with van der Waals surface area (Å²) in [6.07, 6.45) is 7.08. The summed E-state index contributed by atoms with van der Waals surface area (Å²) >= 11 is 0. The Balaban J connectivity index is 1.59. The van der Waals surface area contributed by atoms with Crippen LogP contribution in [0.15, 0.2) is 24.3 Å². The lowest BCUT2D eigenvalue weighted by molar-refractivity contribution is -1.03. The highest BCUT2D eigenvalue weighted by atomic mass is 16.5. The molecule has 1 atom stereocenters. The van der Waals surface area contributed by atoms with E-state index in [1.807, 2.05) is 9.58 Å². The molecule has 0 spiro atoms. The molecule has 1 saturated heterocycles. The second kappa shape index (κ2) is 9.02. The fraction of sp³-hybridized carbons (Fsp3) is 0.696. The lowest BCUT2D eigenvalue weighted by Crippen LogP contribution is -3.29. The largest absolute Gasteiger partial charge is 0.497 e. The minimum atomic E-state index is -0.155. The first-order valence-electron chi connectivity index (χ1n) is 11.6. The minimum Gasteiger partial charge on any atom is -0.497 e. The van der Waals surface area contributed by atoms with E-state index >= 15 is 0 Å². The number of hydrogen-bond acceptors (Lipinski definition) is 4. The predicted molar refractivity (Wildman–Crippen MR) is 116 cm³/mol. The fourth-order valence-electron chi connectivity index (χ4n) is 5.32. The van der Waals surface area contributed by atoms with Crippen LogP contribution < -0.4 is 14.5 Å². The van der Waals surface area contributed by atoms with Crippen LogP contribution in [-0.2, 0) is 5.54 Å². The van der Waals surface area contributed by atoms with Crippen molar-refractivity contribution in [1.29, 1.82) is 0 Å². The molecule has 2 heterocycles. The Kier molecular flexibility index (Phi) is 6.39. The van der Waals surface area contributed by atoms with E-state index in [9.17, 15) is 0 Å². The third-order valence-electron chi connectivity index (χ3n) is 6.96. The molecular weight excluding hydrogens is 376 g/mol. The maximum atomic E-state index is 5.39. The monoisotopic (exact) mass is 414 g/mol. The van der Waals surface area contributed by atoms with Gasteiger partial charge in [-0.15, -0.1) is 5.10 Å². The first-order chi connectivity index (χ1) is 14.5. The third-order valence-corrected chi connectivity index (χ3v) is 6.96. The van der Waals surface area contributed by atoms with Crippen molar-refractivity contribution >= 4 is 0 Å². The molecule has 7 nitrogen and oxygen atoms in total. The van der Waals surface area contributed by atoms with E-state index in [1.165, 1.54) is 50.8 Å². The summed E-state index contributed by atoms with van der Waals surface area (Å²) in [5.74, 6) is 1.85. The van der Waals surface area contributed by atoms with Gasteiger partial charge >= 0.3 is 0 Å². The van der Waals surface area contributed by atoms with Crippen molar-refractivity contribution in [2.45, 2.75) is 70.5 Å². The SMILES string of the molecule is COc1ccc([C@@H](c2nnnn2C(C)(C)C)[NH+]2CC[NH+](C3CCCCC3)CC2)cc1. The van der Waals surface area contributed by atoms with Gasteiger partial charge in [0.25, 0.3) is 0 Å². The zero-order chi connectivity index (χ0) is 21.1.